The van der Waals surface area contributed by atoms with Gasteiger partial charge in [-0.25, -0.2) is 0 Å². The van der Waals surface area contributed by atoms with Crippen LogP contribution in [0.5, 0.6) is 0 Å². The minimum absolute atomic E-state index is 0.819. The minimum Gasteiger partial charge on any atom is -0.455 e. The Morgan fingerprint density at radius 2 is 1.09 bits per heavy atom. The van der Waals surface area contributed by atoms with Crippen LogP contribution in [-0.4, -0.2) is 6.21 Å². The third kappa shape index (κ3) is 3.24. The maximum absolute atomic E-state index is 8.08. The van der Waals surface area contributed by atoms with E-state index in [0.717, 1.165) is 60.9 Å². The summed E-state index contributed by atoms with van der Waals surface area (Å²) in [5, 5.41) is 10.1. The highest BCUT2D eigenvalue weighted by molar-refractivity contribution is 6.19. The van der Waals surface area contributed by atoms with Crippen molar-refractivity contribution in [1.29, 1.82) is 5.41 Å². The van der Waals surface area contributed by atoms with Gasteiger partial charge in [-0.15, -0.1) is 0 Å². The minimum atomic E-state index is 0.819. The Morgan fingerprint density at radius 3 is 1.70 bits per heavy atom. The summed E-state index contributed by atoms with van der Waals surface area (Å²) in [7, 11) is 0. The molecule has 1 N–H and O–H groups in total. The summed E-state index contributed by atoms with van der Waals surface area (Å²) in [6.45, 7) is 0. The van der Waals surface area contributed by atoms with Gasteiger partial charge in [0.1, 0.15) is 11.2 Å². The van der Waals surface area contributed by atoms with Crippen LogP contribution in [0.25, 0.3) is 55.3 Å². The van der Waals surface area contributed by atoms with Crippen molar-refractivity contribution in [3.05, 3.63) is 121 Å². The van der Waals surface area contributed by atoms with Gasteiger partial charge in [0, 0.05) is 33.7 Å². The van der Waals surface area contributed by atoms with E-state index in [-0.39, 0.29) is 0 Å². The lowest BCUT2D eigenvalue weighted by Crippen LogP contribution is -1.86. The summed E-state index contributed by atoms with van der Waals surface area (Å²) < 4.78 is 6.65. The molecule has 0 atom stereocenters. The fourth-order valence-corrected chi connectivity index (χ4v) is 4.60. The molecule has 0 fully saturated rings. The molecule has 0 amide bonds. The molecule has 0 unspecified atom stereocenters. The third-order valence-electron chi connectivity index (χ3n) is 6.18. The van der Waals surface area contributed by atoms with E-state index in [0.29, 0.717) is 0 Å². The zero-order chi connectivity index (χ0) is 22.2. The Hall–Kier alpha value is -4.43. The maximum Gasteiger partial charge on any atom is 0.143 e. The quantitative estimate of drug-likeness (QED) is 0.283. The zero-order valence-corrected chi connectivity index (χ0v) is 18.0. The molecule has 0 saturated heterocycles. The van der Waals surface area contributed by atoms with Crippen LogP contribution in [0, 0.1) is 5.41 Å². The van der Waals surface area contributed by atoms with E-state index < -0.39 is 0 Å². The molecule has 2 heteroatoms. The topological polar surface area (TPSA) is 37.0 Å². The van der Waals surface area contributed by atoms with E-state index >= 15 is 0 Å². The summed E-state index contributed by atoms with van der Waals surface area (Å²) in [5.41, 5.74) is 9.10. The first-order valence-corrected chi connectivity index (χ1v) is 11.0. The predicted octanol–water partition coefficient (Wildman–Crippen LogP) is 8.58. The highest BCUT2D eigenvalue weighted by Crippen LogP contribution is 2.43. The van der Waals surface area contributed by atoms with Crippen molar-refractivity contribution in [2.24, 2.45) is 0 Å². The second kappa shape index (κ2) is 7.92. The number of benzene rings is 5. The average Bonchev–Trinajstić information content (AvgIpc) is 3.29. The summed E-state index contributed by atoms with van der Waals surface area (Å²) >= 11 is 0. The van der Waals surface area contributed by atoms with Crippen LogP contribution in [-0.2, 0) is 0 Å². The lowest BCUT2D eigenvalue weighted by atomic mass is 9.94. The highest BCUT2D eigenvalue weighted by Gasteiger charge is 2.19. The first-order valence-electron chi connectivity index (χ1n) is 11.0. The maximum atomic E-state index is 8.08. The van der Waals surface area contributed by atoms with E-state index in [1.54, 1.807) is 0 Å². The molecule has 5 aromatic carbocycles. The van der Waals surface area contributed by atoms with Crippen molar-refractivity contribution < 1.29 is 4.42 Å². The molecule has 0 aliphatic heterocycles. The van der Waals surface area contributed by atoms with Crippen LogP contribution in [0.3, 0.4) is 0 Å². The van der Waals surface area contributed by atoms with Gasteiger partial charge < -0.3 is 9.83 Å². The molecule has 1 aromatic heterocycles. The van der Waals surface area contributed by atoms with Gasteiger partial charge in [0.25, 0.3) is 0 Å². The van der Waals surface area contributed by atoms with Gasteiger partial charge >= 0.3 is 0 Å². The molecule has 6 aromatic rings. The molecular formula is C31H21NO. The van der Waals surface area contributed by atoms with Gasteiger partial charge in [-0.1, -0.05) is 97.1 Å². The van der Waals surface area contributed by atoms with Gasteiger partial charge in [-0.2, -0.15) is 0 Å². The van der Waals surface area contributed by atoms with Crippen LogP contribution in [0.1, 0.15) is 5.56 Å². The normalized spacial score (nSPS) is 11.2. The summed E-state index contributed by atoms with van der Waals surface area (Å²) in [4.78, 5) is 0. The Morgan fingerprint density at radius 1 is 0.515 bits per heavy atom. The molecule has 0 bridgehead atoms. The van der Waals surface area contributed by atoms with Gasteiger partial charge in [0.2, 0.25) is 0 Å². The van der Waals surface area contributed by atoms with E-state index in [2.05, 4.69) is 78.9 Å². The summed E-state index contributed by atoms with van der Waals surface area (Å²) in [6.07, 6.45) is 1.42. The predicted molar refractivity (Wildman–Crippen MR) is 138 cm³/mol. The van der Waals surface area contributed by atoms with E-state index in [1.165, 1.54) is 6.21 Å². The number of hydrogen-bond acceptors (Lipinski definition) is 2. The fourth-order valence-electron chi connectivity index (χ4n) is 4.60. The highest BCUT2D eigenvalue weighted by atomic mass is 16.3. The van der Waals surface area contributed by atoms with Gasteiger partial charge in [-0.3, -0.25) is 0 Å². The lowest BCUT2D eigenvalue weighted by molar-refractivity contribution is 0.671. The Balaban J connectivity index is 1.76. The van der Waals surface area contributed by atoms with Crippen molar-refractivity contribution in [3.63, 3.8) is 0 Å². The number of furan rings is 1. The second-order valence-corrected chi connectivity index (χ2v) is 8.15. The van der Waals surface area contributed by atoms with Crippen LogP contribution in [0.4, 0.5) is 0 Å². The van der Waals surface area contributed by atoms with Crippen LogP contribution in [0.15, 0.2) is 120 Å². The number of rotatable bonds is 4. The van der Waals surface area contributed by atoms with Crippen molar-refractivity contribution in [2.45, 2.75) is 0 Å². The summed E-state index contributed by atoms with van der Waals surface area (Å²) in [6, 6.07) is 39.6. The van der Waals surface area contributed by atoms with E-state index in [9.17, 15) is 0 Å². The molecule has 33 heavy (non-hydrogen) atoms. The Bertz CT molecular complexity index is 1600. The van der Waals surface area contributed by atoms with Crippen LogP contribution in [0.2, 0.25) is 0 Å². The second-order valence-electron chi connectivity index (χ2n) is 8.15. The van der Waals surface area contributed by atoms with Crippen LogP contribution >= 0.6 is 0 Å². The van der Waals surface area contributed by atoms with Gasteiger partial charge in [-0.05, 0) is 40.5 Å². The average molecular weight is 424 g/mol. The lowest BCUT2D eigenvalue weighted by Gasteiger charge is -2.08. The van der Waals surface area contributed by atoms with Crippen molar-refractivity contribution >= 4 is 28.2 Å². The Kier molecular flexibility index (Phi) is 4.63. The smallest absolute Gasteiger partial charge is 0.143 e. The standard InChI is InChI=1S/C31H21NO/c32-20-24-16-17-26(22-12-6-2-7-13-22)31-29(24)28-19-25(21-10-4-1-5-11-21)18-27(30(28)33-31)23-14-8-3-9-15-23/h1-20,32H. The number of hydrogen-bond donors (Lipinski definition) is 1. The third-order valence-corrected chi connectivity index (χ3v) is 6.18. The molecule has 0 radical (unpaired) electrons. The Labute approximate surface area is 192 Å². The molecule has 0 aliphatic rings. The SMILES string of the molecule is N=Cc1ccc(-c2ccccc2)c2oc3c(-c4ccccc4)cc(-c4ccccc4)cc3c12. The van der Waals surface area contributed by atoms with Crippen LogP contribution < -0.4 is 0 Å². The first kappa shape index (κ1) is 19.3. The molecule has 1 heterocycles. The number of nitrogens with one attached hydrogen (secondary N) is 1. The van der Waals surface area contributed by atoms with Gasteiger partial charge in [0.15, 0.2) is 0 Å². The number of fused-ring (bicyclic) bond motifs is 3. The van der Waals surface area contributed by atoms with E-state index in [1.807, 2.05) is 36.4 Å². The van der Waals surface area contributed by atoms with E-state index in [4.69, 9.17) is 9.83 Å². The summed E-state index contributed by atoms with van der Waals surface area (Å²) in [5.74, 6) is 0. The molecule has 0 saturated carbocycles. The molecule has 6 rings (SSSR count). The largest absolute Gasteiger partial charge is 0.455 e. The molecule has 156 valence electrons. The molecule has 2 nitrogen and oxygen atoms in total. The monoisotopic (exact) mass is 423 g/mol. The van der Waals surface area contributed by atoms with Gasteiger partial charge in [0.05, 0.1) is 0 Å². The molecular weight excluding hydrogens is 402 g/mol. The van der Waals surface area contributed by atoms with Crippen molar-refractivity contribution in [1.82, 2.24) is 0 Å². The first-order chi connectivity index (χ1) is 16.3. The van der Waals surface area contributed by atoms with Crippen molar-refractivity contribution in [3.8, 4) is 33.4 Å². The fraction of sp³-hybridized carbons (Fsp3) is 0. The molecule has 0 spiro atoms. The molecule has 0 aliphatic carbocycles. The van der Waals surface area contributed by atoms with Crippen molar-refractivity contribution in [2.75, 3.05) is 0 Å². The zero-order valence-electron chi connectivity index (χ0n) is 18.0.